The predicted molar refractivity (Wildman–Crippen MR) is 148 cm³/mol. The highest BCUT2D eigenvalue weighted by atomic mass is 16.6. The van der Waals surface area contributed by atoms with Crippen molar-refractivity contribution in [2.75, 3.05) is 18.9 Å². The first kappa shape index (κ1) is 28.7. The molecule has 11 heteroatoms. The van der Waals surface area contributed by atoms with Gasteiger partial charge in [0.15, 0.2) is 5.78 Å². The fourth-order valence-electron chi connectivity index (χ4n) is 4.74. The number of rotatable bonds is 12. The number of nitrogen functional groups attached to an aromatic ring is 1. The minimum atomic E-state index is -1.58. The smallest absolute Gasteiger partial charge is 0.338 e. The van der Waals surface area contributed by atoms with Crippen LogP contribution in [0.3, 0.4) is 0 Å². The van der Waals surface area contributed by atoms with Crippen molar-refractivity contribution < 1.29 is 38.7 Å². The Labute approximate surface area is 234 Å². The van der Waals surface area contributed by atoms with Crippen LogP contribution < -0.4 is 10.5 Å². The van der Waals surface area contributed by atoms with E-state index in [9.17, 15) is 34.4 Å². The normalized spacial score (nSPS) is 11.8. The monoisotopic (exact) mass is 558 g/mol. The third kappa shape index (κ3) is 5.69. The molecular formula is C30H26N2O9. The van der Waals surface area contributed by atoms with Crippen LogP contribution in [0.25, 0.3) is 11.1 Å². The number of carbonyl (C=O) groups excluding carboxylic acids is 3. The van der Waals surface area contributed by atoms with E-state index in [1.165, 1.54) is 48.5 Å². The van der Waals surface area contributed by atoms with Crippen LogP contribution >= 0.6 is 0 Å². The highest BCUT2D eigenvalue weighted by Gasteiger charge is 2.42. The van der Waals surface area contributed by atoms with Gasteiger partial charge in [0.1, 0.15) is 11.3 Å². The van der Waals surface area contributed by atoms with E-state index in [2.05, 4.69) is 6.58 Å². The molecule has 0 unspecified atom stereocenters. The average Bonchev–Trinajstić information content (AvgIpc) is 2.96. The number of hydrogen-bond acceptors (Lipinski definition) is 9. The van der Waals surface area contributed by atoms with E-state index in [1.54, 1.807) is 0 Å². The fourth-order valence-corrected chi connectivity index (χ4v) is 4.74. The number of nitro benzene ring substituents is 1. The number of nitrogens with zero attached hydrogens (tertiary/aromatic N) is 1. The Bertz CT molecular complexity index is 1580. The summed E-state index contributed by atoms with van der Waals surface area (Å²) in [7, 11) is 0. The molecule has 41 heavy (non-hydrogen) atoms. The summed E-state index contributed by atoms with van der Waals surface area (Å²) in [5.41, 5.74) is 2.91. The highest BCUT2D eigenvalue weighted by molar-refractivity contribution is 6.33. The molecule has 0 atom stereocenters. The number of benzene rings is 3. The molecule has 0 bridgehead atoms. The number of aromatic carboxylic acids is 1. The second-order valence-electron chi connectivity index (χ2n) is 9.19. The van der Waals surface area contributed by atoms with Crippen molar-refractivity contribution in [2.24, 2.45) is 0 Å². The van der Waals surface area contributed by atoms with Gasteiger partial charge < -0.3 is 20.3 Å². The van der Waals surface area contributed by atoms with Gasteiger partial charge in [0.25, 0.3) is 5.69 Å². The van der Waals surface area contributed by atoms with Crippen molar-refractivity contribution in [2.45, 2.75) is 25.7 Å². The van der Waals surface area contributed by atoms with Crippen LogP contribution in [0.4, 0.5) is 11.4 Å². The number of hydrogen-bond donors (Lipinski definition) is 2. The summed E-state index contributed by atoms with van der Waals surface area (Å²) in [5, 5.41) is 22.4. The van der Waals surface area contributed by atoms with Crippen molar-refractivity contribution >= 4 is 34.9 Å². The molecule has 0 fully saturated rings. The van der Waals surface area contributed by atoms with E-state index >= 15 is 0 Å². The van der Waals surface area contributed by atoms with Gasteiger partial charge in [0.05, 0.1) is 40.5 Å². The number of carboxylic acids is 1. The number of carboxylic acid groups (broad SMARTS) is 1. The van der Waals surface area contributed by atoms with E-state index in [4.69, 9.17) is 15.2 Å². The molecule has 3 N–H and O–H groups in total. The number of esters is 1. The van der Waals surface area contributed by atoms with E-state index in [0.29, 0.717) is 25.4 Å². The minimum absolute atomic E-state index is 0.00674. The Morgan fingerprint density at radius 2 is 1.49 bits per heavy atom. The lowest BCUT2D eigenvalue weighted by Crippen LogP contribution is -2.26. The summed E-state index contributed by atoms with van der Waals surface area (Å²) in [5.74, 6) is -3.14. The van der Waals surface area contributed by atoms with Crippen LogP contribution in [-0.4, -0.2) is 46.7 Å². The van der Waals surface area contributed by atoms with Gasteiger partial charge in [-0.05, 0) is 43.4 Å². The third-order valence-corrected chi connectivity index (χ3v) is 6.64. The van der Waals surface area contributed by atoms with Crippen LogP contribution in [0.5, 0.6) is 5.75 Å². The Morgan fingerprint density at radius 3 is 2.05 bits per heavy atom. The van der Waals surface area contributed by atoms with Gasteiger partial charge in [-0.25, -0.2) is 9.59 Å². The first-order valence-electron chi connectivity index (χ1n) is 12.7. The lowest BCUT2D eigenvalue weighted by molar-refractivity contribution is -0.384. The van der Waals surface area contributed by atoms with Gasteiger partial charge in [-0.2, -0.15) is 0 Å². The summed E-state index contributed by atoms with van der Waals surface area (Å²) >= 11 is 0. The highest BCUT2D eigenvalue weighted by Crippen LogP contribution is 2.46. The number of carbonyl (C=O) groups is 4. The Balaban J connectivity index is 1.61. The molecule has 1 aliphatic rings. The molecule has 210 valence electrons. The Kier molecular flexibility index (Phi) is 8.57. The largest absolute Gasteiger partial charge is 0.494 e. The van der Waals surface area contributed by atoms with Crippen LogP contribution in [-0.2, 0) is 9.53 Å². The maximum absolute atomic E-state index is 13.4. The number of nitrogens with two attached hydrogens (primary N) is 1. The molecule has 0 radical (unpaired) electrons. The zero-order valence-corrected chi connectivity index (χ0v) is 21.9. The Morgan fingerprint density at radius 1 is 0.902 bits per heavy atom. The average molecular weight is 559 g/mol. The Hall–Kier alpha value is -5.32. The van der Waals surface area contributed by atoms with Crippen LogP contribution in [0.2, 0.25) is 0 Å². The summed E-state index contributed by atoms with van der Waals surface area (Å²) in [4.78, 5) is 61.5. The summed E-state index contributed by atoms with van der Waals surface area (Å²) < 4.78 is 10.6. The quantitative estimate of drug-likeness (QED) is 0.0601. The van der Waals surface area contributed by atoms with E-state index in [-0.39, 0.29) is 22.3 Å². The van der Waals surface area contributed by atoms with Gasteiger partial charge in [0, 0.05) is 17.2 Å². The van der Waals surface area contributed by atoms with Crippen molar-refractivity contribution in [1.29, 1.82) is 0 Å². The zero-order valence-electron chi connectivity index (χ0n) is 21.9. The summed E-state index contributed by atoms with van der Waals surface area (Å²) in [6.07, 6.45) is 4.22. The first-order chi connectivity index (χ1) is 19.7. The van der Waals surface area contributed by atoms with Crippen molar-refractivity contribution in [3.63, 3.8) is 0 Å². The van der Waals surface area contributed by atoms with Gasteiger partial charge in [0.2, 0.25) is 5.78 Å². The number of ketones is 2. The summed E-state index contributed by atoms with van der Waals surface area (Å²) in [6.45, 7) is 4.03. The number of anilines is 1. The van der Waals surface area contributed by atoms with Gasteiger partial charge >= 0.3 is 11.9 Å². The van der Waals surface area contributed by atoms with Crippen molar-refractivity contribution in [1.82, 2.24) is 0 Å². The molecule has 0 heterocycles. The molecular weight excluding hydrogens is 532 g/mol. The molecule has 0 aromatic heterocycles. The van der Waals surface area contributed by atoms with E-state index < -0.39 is 56.5 Å². The van der Waals surface area contributed by atoms with E-state index in [0.717, 1.165) is 25.3 Å². The molecule has 11 nitrogen and oxygen atoms in total. The fraction of sp³-hybridized carbons (Fsp3) is 0.200. The van der Waals surface area contributed by atoms with E-state index in [1.807, 2.05) is 0 Å². The zero-order chi connectivity index (χ0) is 29.7. The molecule has 3 aromatic rings. The molecule has 4 rings (SSSR count). The lowest BCUT2D eigenvalue weighted by Gasteiger charge is -2.22. The third-order valence-electron chi connectivity index (χ3n) is 6.64. The lowest BCUT2D eigenvalue weighted by atomic mass is 9.78. The molecule has 0 saturated heterocycles. The summed E-state index contributed by atoms with van der Waals surface area (Å²) in [6, 6.07) is 11.7. The maximum atomic E-state index is 13.4. The van der Waals surface area contributed by atoms with Gasteiger partial charge in [-0.1, -0.05) is 43.0 Å². The molecule has 0 amide bonds. The van der Waals surface area contributed by atoms with Gasteiger partial charge in [-0.3, -0.25) is 19.7 Å². The number of unbranched alkanes of at least 4 members (excludes halogenated alkanes) is 3. The maximum Gasteiger partial charge on any atom is 0.338 e. The SMILES string of the molecule is C=CC(=O)OCCCCCCOc1ccc(-c2c(C(=O)O)c(N)c3c(c2[N+](=O)[O-])C(=O)c2ccccc2C3=O)cc1. The molecule has 0 spiro atoms. The number of ether oxygens (including phenoxy) is 2. The van der Waals surface area contributed by atoms with Crippen LogP contribution in [0.1, 0.15) is 67.9 Å². The predicted octanol–water partition coefficient (Wildman–Crippen LogP) is 4.99. The second kappa shape index (κ2) is 12.2. The molecule has 3 aromatic carbocycles. The van der Waals surface area contributed by atoms with Crippen LogP contribution in [0, 0.1) is 10.1 Å². The number of nitro groups is 1. The first-order valence-corrected chi connectivity index (χ1v) is 12.7. The van der Waals surface area contributed by atoms with Crippen molar-refractivity contribution in [3.05, 3.63) is 99.1 Å². The van der Waals surface area contributed by atoms with Crippen LogP contribution in [0.15, 0.2) is 61.2 Å². The number of fused-ring (bicyclic) bond motifs is 2. The van der Waals surface area contributed by atoms with Crippen molar-refractivity contribution in [3.8, 4) is 16.9 Å². The second-order valence-corrected chi connectivity index (χ2v) is 9.19. The topological polar surface area (TPSA) is 176 Å². The molecule has 0 saturated carbocycles. The standard InChI is InChI=1S/C30H26N2O9/c1-2-21(33)41-16-8-4-3-7-15-40-18-13-11-17(12-14-18)22-24(30(36)37)26(31)23-25(27(22)32(38)39)29(35)20-10-6-5-9-19(20)28(23)34/h2,5-6,9-14H,1,3-4,7-8,15-16,31H2,(H,36,37). The molecule has 0 aliphatic heterocycles. The molecule has 1 aliphatic carbocycles. The minimum Gasteiger partial charge on any atom is -0.494 e. The van der Waals surface area contributed by atoms with Gasteiger partial charge in [-0.15, -0.1) is 0 Å².